The minimum atomic E-state index is -0.468. The molecule has 1 amide bonds. The summed E-state index contributed by atoms with van der Waals surface area (Å²) in [6, 6.07) is -0.468. The van der Waals surface area contributed by atoms with E-state index in [9.17, 15) is 9.59 Å². The van der Waals surface area contributed by atoms with Crippen molar-refractivity contribution in [2.75, 3.05) is 13.7 Å². The molecule has 0 aromatic heterocycles. The standard InChI is InChI=1S/C14H22N2O4/c1-3-4-6-10-9-11(15-20-10)13(17)16-8-5-7-12(16)14(18)19-2/h10,12H,3-9H2,1-2H3/t10-,12+/m1/s1. The number of hydrogen-bond acceptors (Lipinski definition) is 5. The van der Waals surface area contributed by atoms with Crippen molar-refractivity contribution >= 4 is 17.6 Å². The number of amides is 1. The van der Waals surface area contributed by atoms with Crippen LogP contribution in [-0.4, -0.2) is 48.3 Å². The van der Waals surface area contributed by atoms with Gasteiger partial charge in [0.1, 0.15) is 17.9 Å². The van der Waals surface area contributed by atoms with Crippen molar-refractivity contribution in [3.8, 4) is 0 Å². The van der Waals surface area contributed by atoms with Crippen LogP contribution in [0, 0.1) is 0 Å². The molecule has 0 spiro atoms. The van der Waals surface area contributed by atoms with Crippen molar-refractivity contribution < 1.29 is 19.2 Å². The van der Waals surface area contributed by atoms with Crippen LogP contribution in [0.5, 0.6) is 0 Å². The van der Waals surface area contributed by atoms with Crippen LogP contribution in [0.15, 0.2) is 5.16 Å². The Balaban J connectivity index is 1.93. The van der Waals surface area contributed by atoms with E-state index >= 15 is 0 Å². The van der Waals surface area contributed by atoms with Crippen LogP contribution in [0.3, 0.4) is 0 Å². The van der Waals surface area contributed by atoms with Gasteiger partial charge in [-0.05, 0) is 25.7 Å². The number of unbranched alkanes of at least 4 members (excludes halogenated alkanes) is 1. The van der Waals surface area contributed by atoms with Crippen LogP contribution in [0.1, 0.15) is 45.4 Å². The molecule has 0 radical (unpaired) electrons. The van der Waals surface area contributed by atoms with Crippen LogP contribution in [0.4, 0.5) is 0 Å². The second-order valence-electron chi connectivity index (χ2n) is 5.29. The molecule has 20 heavy (non-hydrogen) atoms. The van der Waals surface area contributed by atoms with Gasteiger partial charge >= 0.3 is 5.97 Å². The number of carbonyl (C=O) groups excluding carboxylic acids is 2. The lowest BCUT2D eigenvalue weighted by atomic mass is 10.1. The quantitative estimate of drug-likeness (QED) is 0.716. The number of carbonyl (C=O) groups is 2. The Bertz CT molecular complexity index is 408. The highest BCUT2D eigenvalue weighted by Gasteiger charge is 2.38. The molecule has 0 aromatic rings. The van der Waals surface area contributed by atoms with Crippen molar-refractivity contribution in [3.05, 3.63) is 0 Å². The van der Waals surface area contributed by atoms with E-state index in [4.69, 9.17) is 9.57 Å². The molecule has 0 aromatic carbocycles. The van der Waals surface area contributed by atoms with Crippen LogP contribution >= 0.6 is 0 Å². The maximum Gasteiger partial charge on any atom is 0.328 e. The van der Waals surface area contributed by atoms with E-state index in [1.807, 2.05) is 0 Å². The highest BCUT2D eigenvalue weighted by atomic mass is 16.6. The maximum atomic E-state index is 12.4. The number of ether oxygens (including phenoxy) is 1. The van der Waals surface area contributed by atoms with Crippen molar-refractivity contribution in [2.45, 2.75) is 57.6 Å². The van der Waals surface area contributed by atoms with Gasteiger partial charge in [0.2, 0.25) is 0 Å². The minimum Gasteiger partial charge on any atom is -0.467 e. The normalized spacial score (nSPS) is 25.3. The van der Waals surface area contributed by atoms with Gasteiger partial charge in [-0.15, -0.1) is 0 Å². The first-order valence-corrected chi connectivity index (χ1v) is 7.28. The molecule has 0 unspecified atom stereocenters. The smallest absolute Gasteiger partial charge is 0.328 e. The summed E-state index contributed by atoms with van der Waals surface area (Å²) >= 11 is 0. The Morgan fingerprint density at radius 3 is 3.00 bits per heavy atom. The van der Waals surface area contributed by atoms with Gasteiger partial charge in [-0.25, -0.2) is 4.79 Å². The fourth-order valence-electron chi connectivity index (χ4n) is 2.70. The van der Waals surface area contributed by atoms with Gasteiger partial charge in [-0.2, -0.15) is 0 Å². The third-order valence-electron chi connectivity index (χ3n) is 3.85. The third kappa shape index (κ3) is 3.11. The van der Waals surface area contributed by atoms with E-state index in [1.165, 1.54) is 7.11 Å². The molecule has 0 aliphatic carbocycles. The molecular weight excluding hydrogens is 260 g/mol. The summed E-state index contributed by atoms with van der Waals surface area (Å²) in [6.45, 7) is 2.70. The first-order valence-electron chi connectivity index (χ1n) is 7.28. The van der Waals surface area contributed by atoms with E-state index in [0.717, 1.165) is 25.7 Å². The fraction of sp³-hybridized carbons (Fsp3) is 0.786. The summed E-state index contributed by atoms with van der Waals surface area (Å²) in [5.41, 5.74) is 0.432. The first kappa shape index (κ1) is 14.8. The molecule has 6 nitrogen and oxygen atoms in total. The topological polar surface area (TPSA) is 68.2 Å². The van der Waals surface area contributed by atoms with Crippen LogP contribution in [0.2, 0.25) is 0 Å². The van der Waals surface area contributed by atoms with E-state index in [1.54, 1.807) is 4.90 Å². The fourth-order valence-corrected chi connectivity index (χ4v) is 2.70. The lowest BCUT2D eigenvalue weighted by Gasteiger charge is -2.22. The second kappa shape index (κ2) is 6.72. The molecule has 0 bridgehead atoms. The van der Waals surface area contributed by atoms with Gasteiger partial charge < -0.3 is 14.5 Å². The van der Waals surface area contributed by atoms with Gasteiger partial charge in [0, 0.05) is 13.0 Å². The average Bonchev–Trinajstić information content (AvgIpc) is 3.12. The minimum absolute atomic E-state index is 0.00748. The molecule has 1 fully saturated rings. The first-order chi connectivity index (χ1) is 9.67. The van der Waals surface area contributed by atoms with Gasteiger partial charge in [0.15, 0.2) is 0 Å². The highest BCUT2D eigenvalue weighted by Crippen LogP contribution is 2.23. The molecule has 112 valence electrons. The number of likely N-dealkylation sites (tertiary alicyclic amines) is 1. The molecule has 2 rings (SSSR count). The molecule has 1 saturated heterocycles. The molecular formula is C14H22N2O4. The number of nitrogens with zero attached hydrogens (tertiary/aromatic N) is 2. The molecule has 6 heteroatoms. The summed E-state index contributed by atoms with van der Waals surface area (Å²) in [5, 5.41) is 3.91. The zero-order valence-corrected chi connectivity index (χ0v) is 12.1. The lowest BCUT2D eigenvalue weighted by molar-refractivity contribution is -0.149. The van der Waals surface area contributed by atoms with Gasteiger partial charge in [0.05, 0.1) is 7.11 Å². The molecule has 2 aliphatic rings. The summed E-state index contributed by atoms with van der Waals surface area (Å²) in [6.07, 6.45) is 5.11. The summed E-state index contributed by atoms with van der Waals surface area (Å²) in [5.74, 6) is -0.533. The van der Waals surface area contributed by atoms with Crippen molar-refractivity contribution in [1.29, 1.82) is 0 Å². The molecule has 0 saturated carbocycles. The van der Waals surface area contributed by atoms with Crippen molar-refractivity contribution in [1.82, 2.24) is 4.90 Å². The predicted molar refractivity (Wildman–Crippen MR) is 73.2 cm³/mol. The SMILES string of the molecule is CCCC[C@@H]1CC(C(=O)N2CCC[C@H]2C(=O)OC)=NO1. The Labute approximate surface area is 119 Å². The number of esters is 1. The van der Waals surface area contributed by atoms with Crippen LogP contribution in [0.25, 0.3) is 0 Å². The number of oxime groups is 1. The molecule has 2 aliphatic heterocycles. The predicted octanol–water partition coefficient (Wildman–Crippen LogP) is 1.49. The molecule has 2 atom stereocenters. The zero-order chi connectivity index (χ0) is 14.5. The summed E-state index contributed by atoms with van der Waals surface area (Å²) in [4.78, 5) is 30.9. The Hall–Kier alpha value is -1.59. The largest absolute Gasteiger partial charge is 0.467 e. The van der Waals surface area contributed by atoms with E-state index in [2.05, 4.69) is 12.1 Å². The average molecular weight is 282 g/mol. The Morgan fingerprint density at radius 1 is 1.50 bits per heavy atom. The Morgan fingerprint density at radius 2 is 2.30 bits per heavy atom. The monoisotopic (exact) mass is 282 g/mol. The third-order valence-corrected chi connectivity index (χ3v) is 3.85. The van der Waals surface area contributed by atoms with E-state index < -0.39 is 6.04 Å². The maximum absolute atomic E-state index is 12.4. The molecule has 0 N–H and O–H groups in total. The van der Waals surface area contributed by atoms with Gasteiger partial charge in [-0.3, -0.25) is 4.79 Å². The number of rotatable bonds is 5. The van der Waals surface area contributed by atoms with Crippen molar-refractivity contribution in [2.24, 2.45) is 5.16 Å². The number of hydrogen-bond donors (Lipinski definition) is 0. The zero-order valence-electron chi connectivity index (χ0n) is 12.1. The van der Waals surface area contributed by atoms with E-state index in [0.29, 0.717) is 25.1 Å². The van der Waals surface area contributed by atoms with E-state index in [-0.39, 0.29) is 18.0 Å². The summed E-state index contributed by atoms with van der Waals surface area (Å²) < 4.78 is 4.75. The van der Waals surface area contributed by atoms with Crippen molar-refractivity contribution in [3.63, 3.8) is 0 Å². The lowest BCUT2D eigenvalue weighted by Crippen LogP contribution is -2.44. The van der Waals surface area contributed by atoms with Crippen LogP contribution < -0.4 is 0 Å². The van der Waals surface area contributed by atoms with Gasteiger partial charge in [0.25, 0.3) is 5.91 Å². The molecule has 2 heterocycles. The number of methoxy groups -OCH3 is 1. The summed E-state index contributed by atoms with van der Waals surface area (Å²) in [7, 11) is 1.35. The van der Waals surface area contributed by atoms with Crippen LogP contribution in [-0.2, 0) is 19.2 Å². The van der Waals surface area contributed by atoms with Gasteiger partial charge in [-0.1, -0.05) is 18.5 Å². The second-order valence-corrected chi connectivity index (χ2v) is 5.29. The Kier molecular flexibility index (Phi) is 4.98. The highest BCUT2D eigenvalue weighted by molar-refractivity contribution is 6.39.